The van der Waals surface area contributed by atoms with E-state index in [2.05, 4.69) is 6.58 Å². The summed E-state index contributed by atoms with van der Waals surface area (Å²) in [5.74, 6) is -3.00. The van der Waals surface area contributed by atoms with Gasteiger partial charge in [-0.1, -0.05) is 38.6 Å². The first-order chi connectivity index (χ1) is 10.2. The quantitative estimate of drug-likeness (QED) is 0.792. The van der Waals surface area contributed by atoms with Crippen LogP contribution in [0.1, 0.15) is 43.6 Å². The minimum Gasteiger partial charge on any atom is -0.366 e. The Labute approximate surface area is 130 Å². The molecule has 118 valence electrons. The van der Waals surface area contributed by atoms with Crippen molar-refractivity contribution in [2.75, 3.05) is 0 Å². The summed E-state index contributed by atoms with van der Waals surface area (Å²) in [5, 5.41) is 0. The van der Waals surface area contributed by atoms with Crippen molar-refractivity contribution in [1.29, 1.82) is 0 Å². The van der Waals surface area contributed by atoms with Crippen LogP contribution in [-0.4, -0.2) is 5.91 Å². The number of allylic oxidation sites excluding steroid dienone is 5. The van der Waals surface area contributed by atoms with E-state index in [4.69, 9.17) is 5.73 Å². The van der Waals surface area contributed by atoms with Gasteiger partial charge < -0.3 is 5.73 Å². The molecule has 0 fully saturated rings. The molecule has 0 bridgehead atoms. The summed E-state index contributed by atoms with van der Waals surface area (Å²) in [5.41, 5.74) is 7.19. The van der Waals surface area contributed by atoms with Crippen molar-refractivity contribution in [3.05, 3.63) is 64.8 Å². The van der Waals surface area contributed by atoms with E-state index in [9.17, 15) is 13.6 Å². The number of rotatable bonds is 5. The zero-order chi connectivity index (χ0) is 17.0. The van der Waals surface area contributed by atoms with Gasteiger partial charge in [0.05, 0.1) is 5.56 Å². The van der Waals surface area contributed by atoms with E-state index in [1.807, 2.05) is 20.8 Å². The molecule has 1 aromatic rings. The summed E-state index contributed by atoms with van der Waals surface area (Å²) >= 11 is 0. The lowest BCUT2D eigenvalue weighted by atomic mass is 9.95. The summed E-state index contributed by atoms with van der Waals surface area (Å²) in [6, 6.07) is 2.56. The number of nitrogens with two attached hydrogens (primary N) is 1. The highest BCUT2D eigenvalue weighted by Gasteiger charge is 2.17. The van der Waals surface area contributed by atoms with E-state index in [1.54, 1.807) is 19.1 Å². The van der Waals surface area contributed by atoms with E-state index in [1.165, 1.54) is 12.1 Å². The van der Waals surface area contributed by atoms with Gasteiger partial charge in [-0.3, -0.25) is 4.79 Å². The fourth-order valence-electron chi connectivity index (χ4n) is 2.38. The van der Waals surface area contributed by atoms with Crippen molar-refractivity contribution in [3.63, 3.8) is 0 Å². The molecular weight excluding hydrogens is 284 g/mol. The number of amides is 1. The molecule has 0 aliphatic heterocycles. The maximum absolute atomic E-state index is 14.1. The Hall–Kier alpha value is -2.23. The molecule has 0 radical (unpaired) electrons. The molecule has 0 heterocycles. The van der Waals surface area contributed by atoms with Crippen molar-refractivity contribution in [2.45, 2.75) is 27.7 Å². The van der Waals surface area contributed by atoms with Crippen LogP contribution in [0.3, 0.4) is 0 Å². The average Bonchev–Trinajstić information content (AvgIpc) is 2.41. The Kier molecular flexibility index (Phi) is 5.80. The zero-order valence-corrected chi connectivity index (χ0v) is 13.3. The molecule has 0 aliphatic carbocycles. The van der Waals surface area contributed by atoms with Crippen molar-refractivity contribution in [1.82, 2.24) is 0 Å². The maximum atomic E-state index is 14.1. The summed E-state index contributed by atoms with van der Waals surface area (Å²) < 4.78 is 27.9. The Morgan fingerprint density at radius 3 is 2.14 bits per heavy atom. The largest absolute Gasteiger partial charge is 0.366 e. The van der Waals surface area contributed by atoms with Gasteiger partial charge in [-0.25, -0.2) is 8.78 Å². The molecule has 1 rings (SSSR count). The normalized spacial score (nSPS) is 13.1. The third kappa shape index (κ3) is 3.70. The lowest BCUT2D eigenvalue weighted by Gasteiger charge is -2.11. The van der Waals surface area contributed by atoms with Gasteiger partial charge in [0.25, 0.3) is 5.91 Å². The third-order valence-electron chi connectivity index (χ3n) is 3.50. The van der Waals surface area contributed by atoms with Crippen molar-refractivity contribution < 1.29 is 13.6 Å². The zero-order valence-electron chi connectivity index (χ0n) is 13.3. The van der Waals surface area contributed by atoms with Crippen LogP contribution in [0.25, 0.3) is 5.57 Å². The van der Waals surface area contributed by atoms with Gasteiger partial charge in [0.2, 0.25) is 0 Å². The number of carbonyl (C=O) groups is 1. The van der Waals surface area contributed by atoms with Crippen LogP contribution in [0.4, 0.5) is 8.78 Å². The Morgan fingerprint density at radius 2 is 1.68 bits per heavy atom. The predicted octanol–water partition coefficient (Wildman–Crippen LogP) is 4.63. The van der Waals surface area contributed by atoms with Crippen LogP contribution in [0.2, 0.25) is 0 Å². The molecule has 0 aliphatic rings. The van der Waals surface area contributed by atoms with Crippen LogP contribution in [0, 0.1) is 17.6 Å². The van der Waals surface area contributed by atoms with Gasteiger partial charge in [0.15, 0.2) is 11.6 Å². The molecule has 0 saturated heterocycles. The van der Waals surface area contributed by atoms with E-state index < -0.39 is 23.1 Å². The van der Waals surface area contributed by atoms with Crippen molar-refractivity contribution in [2.24, 2.45) is 11.7 Å². The molecule has 4 heteroatoms. The van der Waals surface area contributed by atoms with Gasteiger partial charge in [0.1, 0.15) is 0 Å². The molecule has 0 unspecified atom stereocenters. The fraction of sp³-hybridized carbons (Fsp3) is 0.278. The van der Waals surface area contributed by atoms with Gasteiger partial charge in [-0.15, -0.1) is 0 Å². The molecule has 0 aromatic heterocycles. The first-order valence-electron chi connectivity index (χ1n) is 7.00. The molecule has 0 atom stereocenters. The fourth-order valence-corrected chi connectivity index (χ4v) is 2.38. The highest BCUT2D eigenvalue weighted by Crippen LogP contribution is 2.25. The topological polar surface area (TPSA) is 43.1 Å². The van der Waals surface area contributed by atoms with E-state index >= 15 is 0 Å². The van der Waals surface area contributed by atoms with Gasteiger partial charge in [0, 0.05) is 5.56 Å². The summed E-state index contributed by atoms with van der Waals surface area (Å²) in [7, 11) is 0. The molecule has 22 heavy (non-hydrogen) atoms. The Morgan fingerprint density at radius 1 is 1.18 bits per heavy atom. The second-order valence-corrected chi connectivity index (χ2v) is 5.48. The SMILES string of the molecule is C=C/C(=C(C)\C=C(/C)c1ccc(C(N)=O)c(F)c1F)C(C)C. The number of benzene rings is 1. The molecule has 2 N–H and O–H groups in total. The van der Waals surface area contributed by atoms with Gasteiger partial charge >= 0.3 is 0 Å². The van der Waals surface area contributed by atoms with Crippen LogP contribution < -0.4 is 5.73 Å². The maximum Gasteiger partial charge on any atom is 0.251 e. The summed E-state index contributed by atoms with van der Waals surface area (Å²) in [4.78, 5) is 11.0. The summed E-state index contributed by atoms with van der Waals surface area (Å²) in [6.45, 7) is 11.4. The molecule has 1 amide bonds. The number of carbonyl (C=O) groups excluding carboxylic acids is 1. The van der Waals surface area contributed by atoms with Crippen molar-refractivity contribution >= 4 is 11.5 Å². The number of primary amides is 1. The minimum atomic E-state index is -1.22. The van der Waals surface area contributed by atoms with Crippen LogP contribution in [-0.2, 0) is 0 Å². The number of hydrogen-bond donors (Lipinski definition) is 1. The predicted molar refractivity (Wildman–Crippen MR) is 86.3 cm³/mol. The smallest absolute Gasteiger partial charge is 0.251 e. The molecule has 2 nitrogen and oxygen atoms in total. The lowest BCUT2D eigenvalue weighted by molar-refractivity contribution is 0.0995. The minimum absolute atomic E-state index is 0.106. The monoisotopic (exact) mass is 305 g/mol. The van der Waals surface area contributed by atoms with Gasteiger partial charge in [-0.05, 0) is 42.6 Å². The first-order valence-corrected chi connectivity index (χ1v) is 7.00. The molecular formula is C18H21F2NO. The Bertz CT molecular complexity index is 670. The first kappa shape index (κ1) is 17.8. The molecule has 0 spiro atoms. The standard InChI is InChI=1S/C18H21F2NO/c1-6-13(10(2)3)11(4)9-12(5)14-7-8-15(18(21)22)17(20)16(14)19/h6-10H,1H2,2-5H3,(H2,21,22)/b12-9+,13-11+. The summed E-state index contributed by atoms with van der Waals surface area (Å²) in [6.07, 6.45) is 3.54. The van der Waals surface area contributed by atoms with Crippen LogP contribution in [0.5, 0.6) is 0 Å². The second kappa shape index (κ2) is 7.16. The highest BCUT2D eigenvalue weighted by atomic mass is 19.2. The lowest BCUT2D eigenvalue weighted by Crippen LogP contribution is -2.14. The van der Waals surface area contributed by atoms with Crippen LogP contribution >= 0.6 is 0 Å². The van der Waals surface area contributed by atoms with Crippen LogP contribution in [0.15, 0.2) is 42.0 Å². The number of hydrogen-bond acceptors (Lipinski definition) is 1. The average molecular weight is 305 g/mol. The van der Waals surface area contributed by atoms with E-state index in [0.717, 1.165) is 11.1 Å². The molecule has 0 saturated carbocycles. The van der Waals surface area contributed by atoms with Gasteiger partial charge in [-0.2, -0.15) is 0 Å². The second-order valence-electron chi connectivity index (χ2n) is 5.48. The Balaban J connectivity index is 3.38. The van der Waals surface area contributed by atoms with E-state index in [-0.39, 0.29) is 11.5 Å². The van der Waals surface area contributed by atoms with E-state index in [0.29, 0.717) is 5.57 Å². The highest BCUT2D eigenvalue weighted by molar-refractivity contribution is 5.93. The van der Waals surface area contributed by atoms with Crippen molar-refractivity contribution in [3.8, 4) is 0 Å². The molecule has 1 aromatic carbocycles. The third-order valence-corrected chi connectivity index (χ3v) is 3.50. The number of halogens is 2.